The summed E-state index contributed by atoms with van der Waals surface area (Å²) in [5.41, 5.74) is 0. The zero-order valence-electron chi connectivity index (χ0n) is 8.83. The highest BCUT2D eigenvalue weighted by molar-refractivity contribution is 5.67. The predicted octanol–water partition coefficient (Wildman–Crippen LogP) is 1.68. The minimum atomic E-state index is -2.52. The average Bonchev–Trinajstić information content (AvgIpc) is 2.15. The van der Waals surface area contributed by atoms with Gasteiger partial charge in [0.05, 0.1) is 6.42 Å². The molecule has 5 heteroatoms. The fraction of sp³-hybridized carbons (Fsp3) is 0.900. The third-order valence-corrected chi connectivity index (χ3v) is 3.10. The fourth-order valence-corrected chi connectivity index (χ4v) is 2.12. The van der Waals surface area contributed by atoms with Gasteiger partial charge in [0, 0.05) is 5.92 Å². The number of nitrogens with zero attached hydrogens (tertiary/aromatic N) is 1. The maximum Gasteiger partial charge on any atom is 0.303 e. The SMILES string of the molecule is CN1CCC(C(CC(=O)O)C(F)F)CC1. The first-order chi connectivity index (χ1) is 7.00. The molecular formula is C10H17F2NO2. The lowest BCUT2D eigenvalue weighted by atomic mass is 9.82. The van der Waals surface area contributed by atoms with Gasteiger partial charge in [-0.1, -0.05) is 0 Å². The first-order valence-electron chi connectivity index (χ1n) is 5.19. The Morgan fingerprint density at radius 3 is 2.40 bits per heavy atom. The zero-order valence-corrected chi connectivity index (χ0v) is 8.83. The molecule has 0 aliphatic carbocycles. The molecule has 3 nitrogen and oxygen atoms in total. The Bertz CT molecular complexity index is 215. The summed E-state index contributed by atoms with van der Waals surface area (Å²) in [6.45, 7) is 1.57. The summed E-state index contributed by atoms with van der Waals surface area (Å²) >= 11 is 0. The van der Waals surface area contributed by atoms with E-state index in [9.17, 15) is 13.6 Å². The summed E-state index contributed by atoms with van der Waals surface area (Å²) in [4.78, 5) is 12.6. The second-order valence-corrected chi connectivity index (χ2v) is 4.24. The van der Waals surface area contributed by atoms with Crippen LogP contribution in [0.15, 0.2) is 0 Å². The number of hydrogen-bond donors (Lipinski definition) is 1. The number of carboxylic acid groups (broad SMARTS) is 1. The molecule has 0 spiro atoms. The van der Waals surface area contributed by atoms with Crippen molar-refractivity contribution in [2.45, 2.75) is 25.7 Å². The van der Waals surface area contributed by atoms with Crippen molar-refractivity contribution in [3.63, 3.8) is 0 Å². The molecule has 1 unspecified atom stereocenters. The molecule has 1 aliphatic rings. The van der Waals surface area contributed by atoms with Crippen LogP contribution in [0.2, 0.25) is 0 Å². The number of carbonyl (C=O) groups is 1. The lowest BCUT2D eigenvalue weighted by Crippen LogP contribution is -2.36. The van der Waals surface area contributed by atoms with Gasteiger partial charge in [-0.25, -0.2) is 8.78 Å². The number of carboxylic acids is 1. The molecule has 0 radical (unpaired) electrons. The van der Waals surface area contributed by atoms with Crippen LogP contribution in [0.25, 0.3) is 0 Å². The average molecular weight is 221 g/mol. The van der Waals surface area contributed by atoms with E-state index < -0.39 is 24.7 Å². The van der Waals surface area contributed by atoms with Crippen LogP contribution in [0.4, 0.5) is 8.78 Å². The first-order valence-corrected chi connectivity index (χ1v) is 5.19. The molecule has 0 bridgehead atoms. The van der Waals surface area contributed by atoms with E-state index in [0.717, 1.165) is 13.1 Å². The third-order valence-electron chi connectivity index (χ3n) is 3.10. The van der Waals surface area contributed by atoms with Crippen molar-refractivity contribution in [1.82, 2.24) is 4.90 Å². The molecule has 1 fully saturated rings. The lowest BCUT2D eigenvalue weighted by Gasteiger charge is -2.33. The summed E-state index contributed by atoms with van der Waals surface area (Å²) in [7, 11) is 1.95. The molecule has 15 heavy (non-hydrogen) atoms. The van der Waals surface area contributed by atoms with Crippen LogP contribution >= 0.6 is 0 Å². The van der Waals surface area contributed by atoms with Crippen molar-refractivity contribution in [2.75, 3.05) is 20.1 Å². The second kappa shape index (κ2) is 5.39. The van der Waals surface area contributed by atoms with Gasteiger partial charge in [-0.15, -0.1) is 0 Å². The van der Waals surface area contributed by atoms with Crippen LogP contribution in [0.5, 0.6) is 0 Å². The number of hydrogen-bond acceptors (Lipinski definition) is 2. The number of likely N-dealkylation sites (tertiary alicyclic amines) is 1. The van der Waals surface area contributed by atoms with Crippen molar-refractivity contribution in [3.8, 4) is 0 Å². The molecule has 0 amide bonds. The minimum Gasteiger partial charge on any atom is -0.481 e. The molecule has 0 aromatic heterocycles. The van der Waals surface area contributed by atoms with Crippen molar-refractivity contribution in [2.24, 2.45) is 11.8 Å². The van der Waals surface area contributed by atoms with Crippen LogP contribution in [-0.2, 0) is 4.79 Å². The zero-order chi connectivity index (χ0) is 11.4. The van der Waals surface area contributed by atoms with Gasteiger partial charge in [0.15, 0.2) is 0 Å². The monoisotopic (exact) mass is 221 g/mol. The Kier molecular flexibility index (Phi) is 4.45. The van der Waals surface area contributed by atoms with E-state index in [1.54, 1.807) is 0 Å². The third kappa shape index (κ3) is 3.74. The predicted molar refractivity (Wildman–Crippen MR) is 52.0 cm³/mol. The van der Waals surface area contributed by atoms with E-state index in [-0.39, 0.29) is 5.92 Å². The molecule has 1 aliphatic heterocycles. The molecule has 1 N–H and O–H groups in total. The number of halogens is 2. The van der Waals surface area contributed by atoms with Gasteiger partial charge in [0.1, 0.15) is 0 Å². The van der Waals surface area contributed by atoms with Gasteiger partial charge >= 0.3 is 5.97 Å². The van der Waals surface area contributed by atoms with Crippen molar-refractivity contribution in [3.05, 3.63) is 0 Å². The van der Waals surface area contributed by atoms with Crippen molar-refractivity contribution in [1.29, 1.82) is 0 Å². The molecule has 1 saturated heterocycles. The summed E-state index contributed by atoms with van der Waals surface area (Å²) < 4.78 is 25.3. The van der Waals surface area contributed by atoms with Gasteiger partial charge in [-0.2, -0.15) is 0 Å². The summed E-state index contributed by atoms with van der Waals surface area (Å²) in [6, 6.07) is 0. The topological polar surface area (TPSA) is 40.5 Å². The quantitative estimate of drug-likeness (QED) is 0.785. The smallest absolute Gasteiger partial charge is 0.303 e. The highest BCUT2D eigenvalue weighted by Gasteiger charge is 2.33. The van der Waals surface area contributed by atoms with E-state index in [1.165, 1.54) is 0 Å². The van der Waals surface area contributed by atoms with Gasteiger partial charge in [0.2, 0.25) is 6.43 Å². The van der Waals surface area contributed by atoms with Crippen LogP contribution in [-0.4, -0.2) is 42.5 Å². The van der Waals surface area contributed by atoms with E-state index in [4.69, 9.17) is 5.11 Å². The molecule has 88 valence electrons. The number of alkyl halides is 2. The Morgan fingerprint density at radius 2 is 2.00 bits per heavy atom. The van der Waals surface area contributed by atoms with E-state index in [2.05, 4.69) is 4.90 Å². The Balaban J connectivity index is 2.52. The van der Waals surface area contributed by atoms with Crippen molar-refractivity contribution >= 4 is 5.97 Å². The molecule has 0 saturated carbocycles. The molecular weight excluding hydrogens is 204 g/mol. The number of rotatable bonds is 4. The maximum atomic E-state index is 12.7. The van der Waals surface area contributed by atoms with Crippen molar-refractivity contribution < 1.29 is 18.7 Å². The Morgan fingerprint density at radius 1 is 1.47 bits per heavy atom. The summed E-state index contributed by atoms with van der Waals surface area (Å²) in [5.74, 6) is -2.24. The summed E-state index contributed by atoms with van der Waals surface area (Å²) in [6.07, 6.45) is -1.57. The van der Waals surface area contributed by atoms with Crippen LogP contribution in [0, 0.1) is 11.8 Å². The summed E-state index contributed by atoms with van der Waals surface area (Å²) in [5, 5.41) is 8.57. The molecule has 0 aromatic carbocycles. The molecule has 1 atom stereocenters. The van der Waals surface area contributed by atoms with Crippen LogP contribution in [0.3, 0.4) is 0 Å². The normalized spacial score (nSPS) is 21.9. The lowest BCUT2D eigenvalue weighted by molar-refractivity contribution is -0.140. The fourth-order valence-electron chi connectivity index (χ4n) is 2.12. The highest BCUT2D eigenvalue weighted by atomic mass is 19.3. The second-order valence-electron chi connectivity index (χ2n) is 4.24. The van der Waals surface area contributed by atoms with Gasteiger partial charge < -0.3 is 10.0 Å². The Labute approximate surface area is 88.1 Å². The van der Waals surface area contributed by atoms with E-state index in [0.29, 0.717) is 12.8 Å². The van der Waals surface area contributed by atoms with Gasteiger partial charge in [-0.05, 0) is 38.9 Å². The standard InChI is InChI=1S/C10H17F2NO2/c1-13-4-2-7(3-5-13)8(10(11)12)6-9(14)15/h7-8,10H,2-6H2,1H3,(H,14,15). The van der Waals surface area contributed by atoms with E-state index in [1.807, 2.05) is 7.05 Å². The molecule has 1 heterocycles. The van der Waals surface area contributed by atoms with Crippen LogP contribution < -0.4 is 0 Å². The molecule has 0 aromatic rings. The minimum absolute atomic E-state index is 0.141. The number of piperidine rings is 1. The van der Waals surface area contributed by atoms with Crippen LogP contribution in [0.1, 0.15) is 19.3 Å². The van der Waals surface area contributed by atoms with Gasteiger partial charge in [-0.3, -0.25) is 4.79 Å². The largest absolute Gasteiger partial charge is 0.481 e. The number of aliphatic carboxylic acids is 1. The van der Waals surface area contributed by atoms with E-state index >= 15 is 0 Å². The maximum absolute atomic E-state index is 12.7. The first kappa shape index (κ1) is 12.4. The molecule has 1 rings (SSSR count). The Hall–Kier alpha value is -0.710. The highest BCUT2D eigenvalue weighted by Crippen LogP contribution is 2.31. The van der Waals surface area contributed by atoms with Gasteiger partial charge in [0.25, 0.3) is 0 Å².